The van der Waals surface area contributed by atoms with Crippen molar-refractivity contribution in [3.05, 3.63) is 309 Å². The zero-order valence-corrected chi connectivity index (χ0v) is 82.2. The third kappa shape index (κ3) is 23.6. The van der Waals surface area contributed by atoms with Crippen LogP contribution in [0.15, 0.2) is 200 Å². The minimum Gasteiger partial charge on any atom is -0.492 e. The van der Waals surface area contributed by atoms with E-state index in [4.69, 9.17) is 84.3 Å². The smallest absolute Gasteiger partial charge is 0.419 e. The lowest BCUT2D eigenvalue weighted by molar-refractivity contribution is -0.147. The highest BCUT2D eigenvalue weighted by Gasteiger charge is 2.50. The number of likely N-dealkylation sites (tertiary alicyclic amines) is 5. The number of aryl methyl sites for hydroxylation is 4. The van der Waals surface area contributed by atoms with Crippen molar-refractivity contribution in [2.75, 3.05) is 98.6 Å². The van der Waals surface area contributed by atoms with Crippen molar-refractivity contribution in [1.82, 2.24) is 29.5 Å². The second kappa shape index (κ2) is 43.9. The first kappa shape index (κ1) is 103. The van der Waals surface area contributed by atoms with Crippen LogP contribution < -0.4 is 31.3 Å². The fourth-order valence-corrected chi connectivity index (χ4v) is 22.1. The SMILES string of the molecule is Cc1ccc2c(c1)CCC21CCCN(C(=O)C(=O)Nc2ccc(Cl)cc2)CC1.N#Cc1ccc2c(c1)CCC21CCN(C(=O)C(=O)Nc2ccc(Cl)cc2)CC1.O=C(Nc1ccc(Cl)cc1)C(=O)N1CCC2(CC1)COc1cc(C(F)F)ccc12.O=C(Nc1ccc(Cl)cc1)C(=O)N1CCC2(CCc3cc(C(F)(F)F)c(F)cc32)CC1.O=C(Nc1ccc(Cl)cn1)C(=O)N1CCC2(CC1)OCc1ccc(Cl)cc12. The molecular weight excluding hydrogens is 1970 g/mol. The fraction of sp³-hybridized carbons (Fsp3) is 0.346. The van der Waals surface area contributed by atoms with Crippen LogP contribution in [0.4, 0.5) is 54.9 Å². The fourth-order valence-electron chi connectivity index (χ4n) is 21.3. The van der Waals surface area contributed by atoms with Gasteiger partial charge in [0.25, 0.3) is 6.43 Å². The molecule has 5 spiro atoms. The lowest BCUT2D eigenvalue weighted by atomic mass is 9.73. The van der Waals surface area contributed by atoms with E-state index in [1.54, 1.807) is 130 Å². The summed E-state index contributed by atoms with van der Waals surface area (Å²) in [5.74, 6) is -6.68. The van der Waals surface area contributed by atoms with E-state index in [0.717, 1.165) is 86.6 Å². The Morgan fingerprint density at radius 3 is 1.22 bits per heavy atom. The second-order valence-corrected chi connectivity index (χ2v) is 40.3. The lowest BCUT2D eigenvalue weighted by Gasteiger charge is -2.40. The minimum atomic E-state index is -4.73. The molecule has 10 aliphatic rings. The Hall–Kier alpha value is -12.6. The van der Waals surface area contributed by atoms with E-state index >= 15 is 0 Å². The number of nitrogens with zero attached hydrogens (tertiary/aromatic N) is 7. The number of alkyl halides is 5. The highest BCUT2D eigenvalue weighted by Crippen LogP contribution is 2.53. The summed E-state index contributed by atoms with van der Waals surface area (Å²) in [4.78, 5) is 136. The maximum absolute atomic E-state index is 14.2. The molecule has 1 aromatic heterocycles. The van der Waals surface area contributed by atoms with Gasteiger partial charge in [0, 0.05) is 136 Å². The Kier molecular flexibility index (Phi) is 31.7. The molecular formula is C107H100Cl6F6N12O12. The lowest BCUT2D eigenvalue weighted by Crippen LogP contribution is -2.49. The number of fused-ring (bicyclic) bond motifs is 10. The number of ether oxygens (including phenoxy) is 2. The van der Waals surface area contributed by atoms with E-state index in [1.165, 1.54) is 55.9 Å². The highest BCUT2D eigenvalue weighted by molar-refractivity contribution is 6.42. The number of pyridine rings is 1. The van der Waals surface area contributed by atoms with Crippen LogP contribution in [-0.4, -0.2) is 161 Å². The van der Waals surface area contributed by atoms with Gasteiger partial charge in [0.2, 0.25) is 0 Å². The number of aromatic nitrogens is 1. The number of carbonyl (C=O) groups excluding carboxylic acids is 10. The first-order chi connectivity index (χ1) is 68.4. The van der Waals surface area contributed by atoms with Crippen LogP contribution in [0.5, 0.6) is 5.75 Å². The third-order valence-corrected chi connectivity index (χ3v) is 30.7. The molecule has 10 aromatic rings. The van der Waals surface area contributed by atoms with Crippen LogP contribution in [0.25, 0.3) is 0 Å². The summed E-state index contributed by atoms with van der Waals surface area (Å²) >= 11 is 35.2. The zero-order chi connectivity index (χ0) is 101. The maximum atomic E-state index is 14.2. The van der Waals surface area contributed by atoms with E-state index in [-0.39, 0.29) is 40.7 Å². The molecule has 3 aliphatic carbocycles. The summed E-state index contributed by atoms with van der Waals surface area (Å²) in [6.45, 7) is 7.67. The molecule has 20 rings (SSSR count). The van der Waals surface area contributed by atoms with E-state index in [0.29, 0.717) is 192 Å². The van der Waals surface area contributed by atoms with Gasteiger partial charge < -0.3 is 60.6 Å². The Morgan fingerprint density at radius 2 is 0.783 bits per heavy atom. The van der Waals surface area contributed by atoms with Crippen LogP contribution in [0, 0.1) is 24.1 Å². The Morgan fingerprint density at radius 1 is 0.392 bits per heavy atom. The maximum Gasteiger partial charge on any atom is 0.419 e. The van der Waals surface area contributed by atoms with Gasteiger partial charge in [0.1, 0.15) is 17.4 Å². The first-order valence-electron chi connectivity index (χ1n) is 47.1. The van der Waals surface area contributed by atoms with Crippen LogP contribution >= 0.6 is 69.6 Å². The Balaban J connectivity index is 0.000000128. The van der Waals surface area contributed by atoms with E-state index in [2.05, 4.69) is 68.8 Å². The van der Waals surface area contributed by atoms with Gasteiger partial charge >= 0.3 is 65.2 Å². The standard InChI is InChI=1S/C23H25ClN2O2.C22H19ClF4N2O2.C22H20ClN3O2.C21H19ClF2N2O3.C19H17Cl2N3O3/c1-16-3-8-20-17(15-16)9-11-23(20)10-2-13-26(14-12-23)22(28)21(27)25-19-6-4-18(24)5-7-19;23-14-1-3-15(4-2-14)28-19(30)20(31)29-9-7-21(8-10-29)6-5-13-11-17(22(25,26)27)18(24)12-16(13)21;23-17-2-4-18(5-3-17)25-20(27)21(28)26-11-9-22(10-12-26)8-7-16-13-15(14-24)1-6-19(16)22;22-14-2-4-15(5-3-14)25-19(27)20(28)26-9-7-21(8-10-26)12-29-17-11-13(18(23)24)1-6-16(17)21;20-13-2-1-12-11-27-19(15(12)9-13)5-7-24(8-6-19)18(26)17(25)23-16-4-3-14(21)10-22-16/h3-8,15H,2,9-14H2,1H3,(H,25,27);1-4,11-12H,5-10H2,(H,28,30);1-6,13H,7-12H2,(H,25,27);1-6,11,18H,7-10,12H2,(H,25,27);1-4,9-10H,5-8,11H2,(H,22,23,25). The molecule has 0 bridgehead atoms. The average Bonchev–Trinajstić information content (AvgIpc) is 1.62. The number of hydrogen-bond acceptors (Lipinski definition) is 14. The van der Waals surface area contributed by atoms with Crippen LogP contribution in [0.1, 0.15) is 169 Å². The highest BCUT2D eigenvalue weighted by atomic mass is 35.5. The molecule has 0 radical (unpaired) electrons. The molecule has 744 valence electrons. The number of nitriles is 1. The molecule has 7 aliphatic heterocycles. The molecule has 24 nitrogen and oxygen atoms in total. The summed E-state index contributed by atoms with van der Waals surface area (Å²) in [5, 5.41) is 25.4. The number of benzene rings is 9. The summed E-state index contributed by atoms with van der Waals surface area (Å²) in [7, 11) is 0. The number of halogens is 12. The van der Waals surface area contributed by atoms with Gasteiger partial charge in [-0.15, -0.1) is 0 Å². The van der Waals surface area contributed by atoms with Crippen LogP contribution in [0.3, 0.4) is 0 Å². The normalized spacial score (nSPS) is 18.1. The van der Waals surface area contributed by atoms with Gasteiger partial charge in [-0.2, -0.15) is 18.4 Å². The van der Waals surface area contributed by atoms with E-state index < -0.39 is 94.1 Å². The van der Waals surface area contributed by atoms with Gasteiger partial charge in [-0.3, -0.25) is 47.9 Å². The molecule has 143 heavy (non-hydrogen) atoms. The van der Waals surface area contributed by atoms with Crippen molar-refractivity contribution in [2.24, 2.45) is 0 Å². The van der Waals surface area contributed by atoms with Crippen molar-refractivity contribution in [3.8, 4) is 11.8 Å². The summed E-state index contributed by atoms with van der Waals surface area (Å²) < 4.78 is 90.8. The topological polar surface area (TPSA) is 302 Å². The van der Waals surface area contributed by atoms with Gasteiger partial charge in [0.15, 0.2) is 0 Å². The molecule has 10 amide bonds. The third-order valence-electron chi connectivity index (χ3n) is 29.2. The molecule has 5 fully saturated rings. The van der Waals surface area contributed by atoms with Crippen LogP contribution in [-0.2, 0) is 112 Å². The van der Waals surface area contributed by atoms with Crippen molar-refractivity contribution < 1.29 is 83.8 Å². The number of carbonyl (C=O) groups is 10. The summed E-state index contributed by atoms with van der Waals surface area (Å²) in [6.07, 6.45) is 7.41. The first-order valence-corrected chi connectivity index (χ1v) is 49.4. The largest absolute Gasteiger partial charge is 0.492 e. The molecule has 5 N–H and O–H groups in total. The summed E-state index contributed by atoms with van der Waals surface area (Å²) in [6, 6.07) is 56.6. The number of nitrogens with one attached hydrogen (secondary N) is 5. The number of rotatable bonds is 6. The average molecular weight is 2070 g/mol. The van der Waals surface area contributed by atoms with Crippen molar-refractivity contribution in [3.63, 3.8) is 0 Å². The number of amides is 10. The predicted octanol–water partition coefficient (Wildman–Crippen LogP) is 20.6. The quantitative estimate of drug-likeness (QED) is 0.0764. The molecule has 0 saturated carbocycles. The van der Waals surface area contributed by atoms with Crippen molar-refractivity contribution in [2.45, 2.75) is 163 Å². The molecule has 8 heterocycles. The number of hydrogen-bond donors (Lipinski definition) is 5. The minimum absolute atomic E-state index is 0.0623. The van der Waals surface area contributed by atoms with Crippen LogP contribution in [0.2, 0.25) is 30.1 Å². The van der Waals surface area contributed by atoms with Crippen molar-refractivity contribution >= 4 is 157 Å². The number of anilines is 5. The van der Waals surface area contributed by atoms with E-state index in [9.17, 15) is 74.3 Å². The van der Waals surface area contributed by atoms with Gasteiger partial charge in [0.05, 0.1) is 41.0 Å². The van der Waals surface area contributed by atoms with E-state index in [1.807, 2.05) is 30.3 Å². The van der Waals surface area contributed by atoms with Gasteiger partial charge in [-0.1, -0.05) is 118 Å². The second-order valence-electron chi connectivity index (χ2n) is 37.7. The monoisotopic (exact) mass is 2070 g/mol. The Bertz CT molecular complexity index is 6570. The summed E-state index contributed by atoms with van der Waals surface area (Å²) in [5.41, 5.74) is 11.5. The van der Waals surface area contributed by atoms with Crippen molar-refractivity contribution in [1.29, 1.82) is 5.26 Å². The molecule has 36 heteroatoms. The Labute approximate surface area is 851 Å². The molecule has 1 unspecified atom stereocenters. The van der Waals surface area contributed by atoms with Gasteiger partial charge in [-0.25, -0.2) is 18.2 Å². The zero-order valence-electron chi connectivity index (χ0n) is 77.7. The molecule has 5 saturated heterocycles. The molecule has 1 atom stereocenters. The predicted molar refractivity (Wildman–Crippen MR) is 532 cm³/mol. The van der Waals surface area contributed by atoms with Gasteiger partial charge in [-0.05, 0) is 328 Å². The number of piperidine rings is 4. The molecule has 9 aromatic carbocycles.